The van der Waals surface area contributed by atoms with Crippen LogP contribution in [0.25, 0.3) is 0 Å². The standard InChI is InChI=1S/C2H2O4.Li.2H2O.H/c3-1(4)2(5)6;;;;/h(H,3,4)(H,5,6);;2*1H2;/q;+1;;;-1. The third-order valence-corrected chi connectivity index (χ3v) is 0.183. The predicted molar refractivity (Wildman–Crippen MR) is 23.6 cm³/mol. The van der Waals surface area contributed by atoms with E-state index in [0.717, 1.165) is 0 Å². The van der Waals surface area contributed by atoms with E-state index in [1.807, 2.05) is 0 Å². The minimum Gasteiger partial charge on any atom is -1.00 e. The van der Waals surface area contributed by atoms with Crippen molar-refractivity contribution in [2.45, 2.75) is 0 Å². The number of hydrogen-bond acceptors (Lipinski definition) is 2. The van der Waals surface area contributed by atoms with Crippen LogP contribution in [-0.4, -0.2) is 33.1 Å². The molecule has 0 bridgehead atoms. The maximum atomic E-state index is 9.10. The Labute approximate surface area is 63.8 Å². The molecule has 0 aromatic carbocycles. The molecule has 0 fully saturated rings. The van der Waals surface area contributed by atoms with Gasteiger partial charge in [-0.05, 0) is 0 Å². The zero-order valence-corrected chi connectivity index (χ0v) is 4.71. The van der Waals surface area contributed by atoms with Crippen LogP contribution in [0.1, 0.15) is 1.43 Å². The Bertz CT molecular complexity index is 81.7. The molecule has 0 saturated heterocycles. The van der Waals surface area contributed by atoms with Crippen LogP contribution < -0.4 is 18.9 Å². The van der Waals surface area contributed by atoms with Gasteiger partial charge in [0.15, 0.2) is 0 Å². The molecular weight excluding hydrogens is 127 g/mol. The van der Waals surface area contributed by atoms with Crippen molar-refractivity contribution in [3.05, 3.63) is 0 Å². The minimum absolute atomic E-state index is 0. The van der Waals surface area contributed by atoms with Gasteiger partial charge in [-0.25, -0.2) is 9.59 Å². The van der Waals surface area contributed by atoms with Crippen molar-refractivity contribution in [3.8, 4) is 0 Å². The zero-order chi connectivity index (χ0) is 5.15. The Morgan fingerprint density at radius 2 is 1.11 bits per heavy atom. The summed E-state index contributed by atoms with van der Waals surface area (Å²) in [5.41, 5.74) is 0. The van der Waals surface area contributed by atoms with E-state index in [4.69, 9.17) is 19.8 Å². The van der Waals surface area contributed by atoms with Crippen LogP contribution in [0.5, 0.6) is 0 Å². The summed E-state index contributed by atoms with van der Waals surface area (Å²) in [4.78, 5) is 18.2. The number of rotatable bonds is 0. The smallest absolute Gasteiger partial charge is 1.00 e. The van der Waals surface area contributed by atoms with Gasteiger partial charge in [-0.3, -0.25) is 0 Å². The molecule has 0 aliphatic rings. The molecule has 7 heteroatoms. The molecule has 0 amide bonds. The van der Waals surface area contributed by atoms with Crippen LogP contribution in [0, 0.1) is 0 Å². The van der Waals surface area contributed by atoms with Crippen molar-refractivity contribution in [2.75, 3.05) is 0 Å². The monoisotopic (exact) mass is 134 g/mol. The predicted octanol–water partition coefficient (Wildman–Crippen LogP) is -5.38. The van der Waals surface area contributed by atoms with Gasteiger partial charge in [0.1, 0.15) is 0 Å². The van der Waals surface area contributed by atoms with Gasteiger partial charge in [0.05, 0.1) is 0 Å². The molecule has 0 rings (SSSR count). The Morgan fingerprint density at radius 1 is 1.00 bits per heavy atom. The van der Waals surface area contributed by atoms with Crippen LogP contribution >= 0.6 is 0 Å². The average molecular weight is 134 g/mol. The molecule has 0 aromatic rings. The number of carboxylic acids is 2. The van der Waals surface area contributed by atoms with E-state index in [2.05, 4.69) is 0 Å². The van der Waals surface area contributed by atoms with Crippen LogP contribution in [-0.2, 0) is 9.59 Å². The maximum absolute atomic E-state index is 9.10. The van der Waals surface area contributed by atoms with E-state index >= 15 is 0 Å². The van der Waals surface area contributed by atoms with E-state index in [1.165, 1.54) is 0 Å². The van der Waals surface area contributed by atoms with Crippen LogP contribution in [0.15, 0.2) is 0 Å². The molecule has 0 aliphatic carbocycles. The first-order valence-electron chi connectivity index (χ1n) is 1.11. The summed E-state index contributed by atoms with van der Waals surface area (Å²) in [7, 11) is 0. The molecule has 0 radical (unpaired) electrons. The van der Waals surface area contributed by atoms with Gasteiger partial charge in [0.2, 0.25) is 0 Å². The van der Waals surface area contributed by atoms with Crippen molar-refractivity contribution < 1.29 is 51.0 Å². The molecule has 0 spiro atoms. The third kappa shape index (κ3) is 18.6. The summed E-state index contributed by atoms with van der Waals surface area (Å²) in [6, 6.07) is 0. The van der Waals surface area contributed by atoms with Crippen molar-refractivity contribution in [1.82, 2.24) is 0 Å². The van der Waals surface area contributed by atoms with Gasteiger partial charge in [-0.1, -0.05) is 0 Å². The first-order valence-corrected chi connectivity index (χ1v) is 1.11. The maximum Gasteiger partial charge on any atom is 1.00 e. The summed E-state index contributed by atoms with van der Waals surface area (Å²) in [6.07, 6.45) is 0. The molecule has 52 valence electrons. The first kappa shape index (κ1) is 23.7. The number of hydrogen-bond donors (Lipinski definition) is 2. The number of carboxylic acid groups (broad SMARTS) is 2. The second-order valence-electron chi connectivity index (χ2n) is 0.610. The number of aliphatic carboxylic acids is 2. The summed E-state index contributed by atoms with van der Waals surface area (Å²) in [5, 5.41) is 14.8. The largest absolute Gasteiger partial charge is 1.00 e. The molecule has 9 heavy (non-hydrogen) atoms. The van der Waals surface area contributed by atoms with Crippen LogP contribution in [0.4, 0.5) is 0 Å². The molecule has 0 atom stereocenters. The molecule has 0 aromatic heterocycles. The van der Waals surface area contributed by atoms with E-state index in [9.17, 15) is 0 Å². The van der Waals surface area contributed by atoms with E-state index < -0.39 is 11.9 Å². The first-order chi connectivity index (χ1) is 2.64. The summed E-state index contributed by atoms with van der Waals surface area (Å²) >= 11 is 0. The molecule has 0 saturated carbocycles. The fourth-order valence-corrected chi connectivity index (χ4v) is 0. The van der Waals surface area contributed by atoms with Crippen molar-refractivity contribution in [3.63, 3.8) is 0 Å². The molecule has 0 aliphatic heterocycles. The average Bonchev–Trinajstić information content (AvgIpc) is 1.36. The molecular formula is C2H7LiO6. The quantitative estimate of drug-likeness (QED) is 0.252. The van der Waals surface area contributed by atoms with Crippen molar-refractivity contribution in [2.24, 2.45) is 0 Å². The Balaban J connectivity index is -0.0000000208. The van der Waals surface area contributed by atoms with E-state index in [-0.39, 0.29) is 31.2 Å². The summed E-state index contributed by atoms with van der Waals surface area (Å²) in [6.45, 7) is 0. The second-order valence-corrected chi connectivity index (χ2v) is 0.610. The molecule has 0 unspecified atom stereocenters. The zero-order valence-electron chi connectivity index (χ0n) is 5.71. The molecule has 6 nitrogen and oxygen atoms in total. The SMILES string of the molecule is O.O.O=C(O)C(=O)O.[H-].[Li+]. The molecule has 6 N–H and O–H groups in total. The Kier molecular flexibility index (Phi) is 27.5. The van der Waals surface area contributed by atoms with Gasteiger partial charge >= 0.3 is 30.8 Å². The number of carbonyl (C=O) groups is 2. The topological polar surface area (TPSA) is 138 Å². The van der Waals surface area contributed by atoms with Crippen LogP contribution in [0.2, 0.25) is 0 Å². The minimum atomic E-state index is -1.82. The summed E-state index contributed by atoms with van der Waals surface area (Å²) in [5.74, 6) is -3.65. The van der Waals surface area contributed by atoms with Gasteiger partial charge in [0.25, 0.3) is 0 Å². The van der Waals surface area contributed by atoms with Gasteiger partial charge in [-0.15, -0.1) is 0 Å². The second kappa shape index (κ2) is 10.4. The van der Waals surface area contributed by atoms with Gasteiger partial charge in [-0.2, -0.15) is 0 Å². The molecule has 0 heterocycles. The van der Waals surface area contributed by atoms with Gasteiger partial charge < -0.3 is 22.6 Å². The van der Waals surface area contributed by atoms with Crippen molar-refractivity contribution >= 4 is 11.9 Å². The fraction of sp³-hybridized carbons (Fsp3) is 0. The Morgan fingerprint density at radius 3 is 1.11 bits per heavy atom. The van der Waals surface area contributed by atoms with Gasteiger partial charge in [0, 0.05) is 0 Å². The third-order valence-electron chi connectivity index (χ3n) is 0.183. The summed E-state index contributed by atoms with van der Waals surface area (Å²) < 4.78 is 0. The van der Waals surface area contributed by atoms with Crippen LogP contribution in [0.3, 0.4) is 0 Å². The Hall–Kier alpha value is -0.543. The normalized spacial score (nSPS) is 4.89. The van der Waals surface area contributed by atoms with E-state index in [0.29, 0.717) is 0 Å². The fourth-order valence-electron chi connectivity index (χ4n) is 0. The van der Waals surface area contributed by atoms with E-state index in [1.54, 1.807) is 0 Å². The van der Waals surface area contributed by atoms with Crippen molar-refractivity contribution in [1.29, 1.82) is 0 Å².